The molecule has 0 bridgehead atoms. The molecule has 196 valence electrons. The zero-order valence-corrected chi connectivity index (χ0v) is 23.6. The van der Waals surface area contributed by atoms with Crippen LogP contribution in [0.25, 0.3) is 63.3 Å². The highest BCUT2D eigenvalue weighted by atomic mass is 32.1. The van der Waals surface area contributed by atoms with E-state index in [1.54, 1.807) is 0 Å². The molecule has 0 unspecified atom stereocenters. The Morgan fingerprint density at radius 2 is 1.05 bits per heavy atom. The lowest BCUT2D eigenvalue weighted by atomic mass is 9.95. The van der Waals surface area contributed by atoms with Gasteiger partial charge in [-0.1, -0.05) is 115 Å². The normalized spacial score (nSPS) is 11.8. The lowest BCUT2D eigenvalue weighted by Gasteiger charge is -2.27. The van der Waals surface area contributed by atoms with Crippen LogP contribution >= 0.6 is 11.3 Å². The summed E-state index contributed by atoms with van der Waals surface area (Å²) in [6.07, 6.45) is 0. The minimum atomic E-state index is 1.15. The summed E-state index contributed by atoms with van der Waals surface area (Å²) in [5.41, 5.74) is 3.49. The molecule has 9 aromatic rings. The lowest BCUT2D eigenvalue weighted by Crippen LogP contribution is -2.10. The molecular weight excluding hydrogens is 527 g/mol. The third-order valence-electron chi connectivity index (χ3n) is 8.60. The first-order valence-electron chi connectivity index (χ1n) is 14.4. The number of anilines is 3. The molecule has 0 aliphatic carbocycles. The summed E-state index contributed by atoms with van der Waals surface area (Å²) in [6, 6.07) is 55.5. The molecule has 1 heterocycles. The van der Waals surface area contributed by atoms with Crippen LogP contribution in [0.3, 0.4) is 0 Å². The standard InChI is InChI=1S/C40H25NS/c1-2-12-29(13-3-1)41(30-20-24-38-36(25-30)35-23-18-27-10-5-7-15-32(27)40(35)42-38)37-16-8-11-28-19-21-33-31-14-6-4-9-26(31)17-22-34(33)39(28)37/h1-25H. The molecule has 0 saturated carbocycles. The SMILES string of the molecule is c1ccc(N(c2ccc3sc4c5ccccc5ccc4c3c2)c2cccc3ccc4c5ccccc5ccc4c23)cc1. The highest BCUT2D eigenvalue weighted by Gasteiger charge is 2.19. The third-order valence-corrected chi connectivity index (χ3v) is 9.82. The molecule has 0 aliphatic rings. The average molecular weight is 552 g/mol. The molecule has 0 amide bonds. The first kappa shape index (κ1) is 23.5. The van der Waals surface area contributed by atoms with Gasteiger partial charge in [-0.3, -0.25) is 0 Å². The zero-order valence-electron chi connectivity index (χ0n) is 22.8. The van der Waals surface area contributed by atoms with Gasteiger partial charge in [-0.15, -0.1) is 11.3 Å². The van der Waals surface area contributed by atoms with Gasteiger partial charge in [-0.25, -0.2) is 0 Å². The maximum atomic E-state index is 2.43. The van der Waals surface area contributed by atoms with E-state index < -0.39 is 0 Å². The largest absolute Gasteiger partial charge is 0.310 e. The summed E-state index contributed by atoms with van der Waals surface area (Å²) in [5, 5.41) is 12.9. The van der Waals surface area contributed by atoms with Gasteiger partial charge in [0.1, 0.15) is 0 Å². The number of fused-ring (bicyclic) bond motifs is 10. The molecule has 0 spiro atoms. The fraction of sp³-hybridized carbons (Fsp3) is 0. The van der Waals surface area contributed by atoms with Crippen molar-refractivity contribution in [3.8, 4) is 0 Å². The first-order chi connectivity index (χ1) is 20.8. The number of rotatable bonds is 3. The number of thiophene rings is 1. The molecule has 42 heavy (non-hydrogen) atoms. The second-order valence-corrected chi connectivity index (χ2v) is 12.0. The van der Waals surface area contributed by atoms with Crippen LogP contribution in [0.5, 0.6) is 0 Å². The fourth-order valence-electron chi connectivity index (χ4n) is 6.68. The summed E-state index contributed by atoms with van der Waals surface area (Å²) >= 11 is 1.89. The molecular formula is C40H25NS. The van der Waals surface area contributed by atoms with Crippen LogP contribution in [0, 0.1) is 0 Å². The van der Waals surface area contributed by atoms with Crippen LogP contribution in [-0.4, -0.2) is 0 Å². The molecule has 0 fully saturated rings. The van der Waals surface area contributed by atoms with Gasteiger partial charge in [0.25, 0.3) is 0 Å². The highest BCUT2D eigenvalue weighted by Crippen LogP contribution is 2.45. The lowest BCUT2D eigenvalue weighted by molar-refractivity contribution is 1.31. The second-order valence-electron chi connectivity index (χ2n) is 10.9. The van der Waals surface area contributed by atoms with Gasteiger partial charge in [-0.2, -0.15) is 0 Å². The Morgan fingerprint density at radius 1 is 0.381 bits per heavy atom. The van der Waals surface area contributed by atoms with Gasteiger partial charge in [-0.05, 0) is 74.1 Å². The Hall–Kier alpha value is -5.18. The maximum Gasteiger partial charge on any atom is 0.0546 e. The molecule has 0 aliphatic heterocycles. The monoisotopic (exact) mass is 551 g/mol. The van der Waals surface area contributed by atoms with Crippen molar-refractivity contribution >= 4 is 91.7 Å². The predicted octanol–water partition coefficient (Wildman–Crippen LogP) is 12.1. The van der Waals surface area contributed by atoms with Gasteiger partial charge in [0.15, 0.2) is 0 Å². The quantitative estimate of drug-likeness (QED) is 0.197. The topological polar surface area (TPSA) is 3.24 Å². The van der Waals surface area contributed by atoms with E-state index in [9.17, 15) is 0 Å². The van der Waals surface area contributed by atoms with Gasteiger partial charge in [0.05, 0.1) is 5.69 Å². The molecule has 8 aromatic carbocycles. The smallest absolute Gasteiger partial charge is 0.0546 e. The van der Waals surface area contributed by atoms with Crippen LogP contribution in [0.1, 0.15) is 0 Å². The van der Waals surface area contributed by atoms with E-state index >= 15 is 0 Å². The van der Waals surface area contributed by atoms with Crippen LogP contribution in [0.2, 0.25) is 0 Å². The van der Waals surface area contributed by atoms with Crippen LogP contribution in [0.4, 0.5) is 17.1 Å². The number of para-hydroxylation sites is 1. The molecule has 0 atom stereocenters. The summed E-state index contributed by atoms with van der Waals surface area (Å²) in [5.74, 6) is 0. The van der Waals surface area contributed by atoms with E-state index in [1.807, 2.05) is 11.3 Å². The summed E-state index contributed by atoms with van der Waals surface area (Å²) in [4.78, 5) is 2.43. The number of hydrogen-bond acceptors (Lipinski definition) is 2. The molecule has 0 radical (unpaired) electrons. The van der Waals surface area contributed by atoms with Crippen LogP contribution in [0.15, 0.2) is 152 Å². The van der Waals surface area contributed by atoms with Gasteiger partial charge in [0, 0.05) is 36.9 Å². The van der Waals surface area contributed by atoms with E-state index in [0.29, 0.717) is 0 Å². The van der Waals surface area contributed by atoms with Crippen molar-refractivity contribution in [2.24, 2.45) is 0 Å². The Labute approximate surface area is 247 Å². The average Bonchev–Trinajstić information content (AvgIpc) is 3.44. The molecule has 1 nitrogen and oxygen atoms in total. The van der Waals surface area contributed by atoms with E-state index in [4.69, 9.17) is 0 Å². The van der Waals surface area contributed by atoms with Crippen molar-refractivity contribution in [1.29, 1.82) is 0 Å². The predicted molar refractivity (Wildman–Crippen MR) is 184 cm³/mol. The summed E-state index contributed by atoms with van der Waals surface area (Å²) < 4.78 is 2.67. The summed E-state index contributed by atoms with van der Waals surface area (Å²) in [6.45, 7) is 0. The van der Waals surface area contributed by atoms with Crippen molar-refractivity contribution < 1.29 is 0 Å². The van der Waals surface area contributed by atoms with Gasteiger partial charge in [0.2, 0.25) is 0 Å². The minimum Gasteiger partial charge on any atom is -0.310 e. The molecule has 9 rings (SSSR count). The van der Waals surface area contributed by atoms with E-state index in [1.165, 1.54) is 68.9 Å². The fourth-order valence-corrected chi connectivity index (χ4v) is 7.90. The van der Waals surface area contributed by atoms with Crippen molar-refractivity contribution in [2.75, 3.05) is 4.90 Å². The Kier molecular flexibility index (Phi) is 5.13. The molecule has 0 N–H and O–H groups in total. The molecule has 1 aromatic heterocycles. The Balaban J connectivity index is 1.35. The van der Waals surface area contributed by atoms with E-state index in [0.717, 1.165) is 11.4 Å². The van der Waals surface area contributed by atoms with Gasteiger partial charge < -0.3 is 4.90 Å². The maximum absolute atomic E-state index is 2.43. The zero-order chi connectivity index (χ0) is 27.6. The van der Waals surface area contributed by atoms with Crippen molar-refractivity contribution in [1.82, 2.24) is 0 Å². The summed E-state index contributed by atoms with van der Waals surface area (Å²) in [7, 11) is 0. The van der Waals surface area contributed by atoms with Gasteiger partial charge >= 0.3 is 0 Å². The Bertz CT molecular complexity index is 2470. The number of nitrogens with zero attached hydrogens (tertiary/aromatic N) is 1. The van der Waals surface area contributed by atoms with E-state index in [2.05, 4.69) is 157 Å². The molecule has 0 saturated heterocycles. The second kappa shape index (κ2) is 9.17. The van der Waals surface area contributed by atoms with Crippen LogP contribution in [-0.2, 0) is 0 Å². The number of benzene rings is 8. The Morgan fingerprint density at radius 3 is 1.90 bits per heavy atom. The van der Waals surface area contributed by atoms with E-state index in [-0.39, 0.29) is 0 Å². The van der Waals surface area contributed by atoms with Crippen LogP contribution < -0.4 is 4.90 Å². The third kappa shape index (κ3) is 3.49. The van der Waals surface area contributed by atoms with Crippen molar-refractivity contribution in [3.63, 3.8) is 0 Å². The minimum absolute atomic E-state index is 1.15. The highest BCUT2D eigenvalue weighted by molar-refractivity contribution is 7.26. The molecule has 2 heteroatoms. The first-order valence-corrected chi connectivity index (χ1v) is 15.2. The number of hydrogen-bond donors (Lipinski definition) is 0. The van der Waals surface area contributed by atoms with Crippen molar-refractivity contribution in [3.05, 3.63) is 152 Å². The van der Waals surface area contributed by atoms with Crippen molar-refractivity contribution in [2.45, 2.75) is 0 Å².